The highest BCUT2D eigenvalue weighted by Gasteiger charge is 2.24. The van der Waals surface area contributed by atoms with Crippen LogP contribution in [0.4, 0.5) is 17.1 Å². The molecule has 1 aliphatic rings. The first-order valence-electron chi connectivity index (χ1n) is 16.8. The zero-order valence-corrected chi connectivity index (χ0v) is 27.3. The van der Waals surface area contributed by atoms with E-state index in [1.807, 2.05) is 11.3 Å². The summed E-state index contributed by atoms with van der Waals surface area (Å²) in [7, 11) is 0. The van der Waals surface area contributed by atoms with Crippen LogP contribution in [-0.2, 0) is 0 Å². The molecule has 2 nitrogen and oxygen atoms in total. The van der Waals surface area contributed by atoms with Crippen molar-refractivity contribution in [1.29, 1.82) is 0 Å². The first-order chi connectivity index (χ1) is 24.3. The number of anilines is 3. The van der Waals surface area contributed by atoms with Crippen molar-refractivity contribution in [2.45, 2.75) is 0 Å². The SMILES string of the molecule is c1ccc(N(c2ccc(-n3c4cccc5c4c4c6c(cccc6ccc43)-c3ccccc3-5)cc2)c2ccc3sc4ccccc4c3c2)cc1. The summed E-state index contributed by atoms with van der Waals surface area (Å²) in [4.78, 5) is 2.37. The minimum absolute atomic E-state index is 1.12. The van der Waals surface area contributed by atoms with Crippen LogP contribution in [0.15, 0.2) is 170 Å². The Labute approximate surface area is 287 Å². The Morgan fingerprint density at radius 3 is 1.86 bits per heavy atom. The van der Waals surface area contributed by atoms with Gasteiger partial charge in [-0.25, -0.2) is 0 Å². The molecule has 0 N–H and O–H groups in total. The van der Waals surface area contributed by atoms with Crippen molar-refractivity contribution in [3.05, 3.63) is 170 Å². The fourth-order valence-corrected chi connectivity index (χ4v) is 9.32. The third-order valence-corrected chi connectivity index (χ3v) is 11.5. The summed E-state index contributed by atoms with van der Waals surface area (Å²) < 4.78 is 5.09. The van der Waals surface area contributed by atoms with Crippen LogP contribution >= 0.6 is 11.3 Å². The summed E-state index contributed by atoms with van der Waals surface area (Å²) in [5, 5.41) is 7.88. The molecule has 228 valence electrons. The topological polar surface area (TPSA) is 8.17 Å². The molecule has 10 aromatic rings. The van der Waals surface area contributed by atoms with E-state index >= 15 is 0 Å². The second kappa shape index (κ2) is 10.2. The number of benzene rings is 8. The lowest BCUT2D eigenvalue weighted by atomic mass is 9.93. The van der Waals surface area contributed by atoms with E-state index in [4.69, 9.17) is 0 Å². The molecular weight excluding hydrogens is 613 g/mol. The third kappa shape index (κ3) is 3.82. The van der Waals surface area contributed by atoms with E-state index < -0.39 is 0 Å². The van der Waals surface area contributed by atoms with Crippen LogP contribution in [0, 0.1) is 0 Å². The van der Waals surface area contributed by atoms with E-state index in [0.717, 1.165) is 22.7 Å². The van der Waals surface area contributed by atoms with E-state index in [1.165, 1.54) is 75.0 Å². The van der Waals surface area contributed by atoms with Crippen molar-refractivity contribution < 1.29 is 0 Å². The Morgan fingerprint density at radius 2 is 1.02 bits per heavy atom. The highest BCUT2D eigenvalue weighted by atomic mass is 32.1. The quantitative estimate of drug-likeness (QED) is 0.186. The molecule has 8 aromatic carbocycles. The van der Waals surface area contributed by atoms with Gasteiger partial charge in [0.05, 0.1) is 11.0 Å². The van der Waals surface area contributed by atoms with Gasteiger partial charge in [-0.2, -0.15) is 0 Å². The fraction of sp³-hybridized carbons (Fsp3) is 0. The molecule has 0 amide bonds. The molecule has 2 aromatic heterocycles. The maximum Gasteiger partial charge on any atom is 0.0547 e. The summed E-state index contributed by atoms with van der Waals surface area (Å²) in [6, 6.07) is 62.4. The molecule has 49 heavy (non-hydrogen) atoms. The van der Waals surface area contributed by atoms with Crippen molar-refractivity contribution in [3.63, 3.8) is 0 Å². The van der Waals surface area contributed by atoms with Crippen LogP contribution in [0.3, 0.4) is 0 Å². The van der Waals surface area contributed by atoms with E-state index in [0.29, 0.717) is 0 Å². The number of hydrogen-bond donors (Lipinski definition) is 0. The molecule has 2 heterocycles. The normalized spacial score (nSPS) is 12.1. The minimum atomic E-state index is 1.12. The van der Waals surface area contributed by atoms with Gasteiger partial charge in [-0.05, 0) is 106 Å². The Balaban J connectivity index is 1.12. The number of thiophene rings is 1. The van der Waals surface area contributed by atoms with Gasteiger partial charge in [0, 0.05) is 53.7 Å². The Bertz CT molecular complexity index is 2930. The predicted molar refractivity (Wildman–Crippen MR) is 210 cm³/mol. The summed E-state index contributed by atoms with van der Waals surface area (Å²) in [5.41, 5.74) is 12.2. The van der Waals surface area contributed by atoms with Crippen molar-refractivity contribution in [1.82, 2.24) is 4.57 Å². The maximum absolute atomic E-state index is 2.46. The van der Waals surface area contributed by atoms with Crippen molar-refractivity contribution in [3.8, 4) is 27.9 Å². The smallest absolute Gasteiger partial charge is 0.0547 e. The van der Waals surface area contributed by atoms with Gasteiger partial charge in [0.15, 0.2) is 0 Å². The van der Waals surface area contributed by atoms with Gasteiger partial charge in [-0.3, -0.25) is 0 Å². The number of aromatic nitrogens is 1. The molecule has 0 unspecified atom stereocenters. The standard InChI is InChI=1S/C46H28N2S/c1-2-11-30(12-3-1)47(33-25-27-43-39(28-33)36-15-6-7-19-42(36)49-43)31-21-23-32(24-22-31)48-40-18-9-17-38-35-14-5-4-13-34(35)37-16-8-10-29-20-26-41(48)46(44(29)37)45(38)40/h1-28H. The Hall–Kier alpha value is -6.16. The zero-order chi connectivity index (χ0) is 32.1. The largest absolute Gasteiger partial charge is 0.310 e. The van der Waals surface area contributed by atoms with Gasteiger partial charge in [0.2, 0.25) is 0 Å². The second-order valence-electron chi connectivity index (χ2n) is 12.9. The molecule has 0 saturated heterocycles. The highest BCUT2D eigenvalue weighted by molar-refractivity contribution is 7.25. The van der Waals surface area contributed by atoms with Crippen molar-refractivity contribution in [2.75, 3.05) is 4.90 Å². The van der Waals surface area contributed by atoms with Gasteiger partial charge in [0.25, 0.3) is 0 Å². The molecule has 1 aliphatic carbocycles. The molecule has 0 aliphatic heterocycles. The molecule has 11 rings (SSSR count). The van der Waals surface area contributed by atoms with Crippen molar-refractivity contribution >= 4 is 81.1 Å². The lowest BCUT2D eigenvalue weighted by molar-refractivity contribution is 1.17. The van der Waals surface area contributed by atoms with Gasteiger partial charge < -0.3 is 9.47 Å². The zero-order valence-electron chi connectivity index (χ0n) is 26.5. The predicted octanol–water partition coefficient (Wildman–Crippen LogP) is 13.4. The first kappa shape index (κ1) is 26.9. The number of para-hydroxylation sites is 1. The molecule has 0 spiro atoms. The second-order valence-corrected chi connectivity index (χ2v) is 14.0. The molecule has 3 heteroatoms. The lowest BCUT2D eigenvalue weighted by Gasteiger charge is -2.26. The molecular formula is C46H28N2S. The summed E-state index contributed by atoms with van der Waals surface area (Å²) in [5.74, 6) is 0. The number of hydrogen-bond acceptors (Lipinski definition) is 2. The number of nitrogens with zero attached hydrogens (tertiary/aromatic N) is 2. The van der Waals surface area contributed by atoms with Gasteiger partial charge in [0.1, 0.15) is 0 Å². The van der Waals surface area contributed by atoms with E-state index in [9.17, 15) is 0 Å². The van der Waals surface area contributed by atoms with E-state index in [2.05, 4.69) is 179 Å². The lowest BCUT2D eigenvalue weighted by Crippen LogP contribution is -2.09. The monoisotopic (exact) mass is 640 g/mol. The maximum atomic E-state index is 2.46. The summed E-state index contributed by atoms with van der Waals surface area (Å²) in [6.07, 6.45) is 0. The molecule has 0 atom stereocenters. The molecule has 0 fully saturated rings. The Kier molecular flexibility index (Phi) is 5.57. The van der Waals surface area contributed by atoms with Crippen LogP contribution in [0.2, 0.25) is 0 Å². The number of fused-ring (bicyclic) bond motifs is 6. The van der Waals surface area contributed by atoms with Crippen molar-refractivity contribution in [2.24, 2.45) is 0 Å². The fourth-order valence-electron chi connectivity index (χ4n) is 8.23. The Morgan fingerprint density at radius 1 is 0.388 bits per heavy atom. The average Bonchev–Trinajstić information content (AvgIpc) is 3.67. The van der Waals surface area contributed by atoms with Crippen LogP contribution < -0.4 is 4.90 Å². The number of rotatable bonds is 4. The summed E-state index contributed by atoms with van der Waals surface area (Å²) >= 11 is 1.86. The summed E-state index contributed by atoms with van der Waals surface area (Å²) in [6.45, 7) is 0. The van der Waals surface area contributed by atoms with Crippen LogP contribution in [-0.4, -0.2) is 4.57 Å². The van der Waals surface area contributed by atoms with E-state index in [1.54, 1.807) is 0 Å². The molecule has 0 saturated carbocycles. The molecule has 0 bridgehead atoms. The molecule has 0 radical (unpaired) electrons. The van der Waals surface area contributed by atoms with Crippen LogP contribution in [0.1, 0.15) is 0 Å². The van der Waals surface area contributed by atoms with E-state index in [-0.39, 0.29) is 0 Å². The first-order valence-corrected chi connectivity index (χ1v) is 17.6. The van der Waals surface area contributed by atoms with Gasteiger partial charge in [-0.15, -0.1) is 11.3 Å². The highest BCUT2D eigenvalue weighted by Crippen LogP contribution is 2.49. The third-order valence-electron chi connectivity index (χ3n) is 10.3. The van der Waals surface area contributed by atoms with Crippen LogP contribution in [0.5, 0.6) is 0 Å². The van der Waals surface area contributed by atoms with Crippen LogP contribution in [0.25, 0.3) is 80.7 Å². The average molecular weight is 641 g/mol. The van der Waals surface area contributed by atoms with Gasteiger partial charge >= 0.3 is 0 Å². The van der Waals surface area contributed by atoms with Gasteiger partial charge in [-0.1, -0.05) is 97.1 Å². The minimum Gasteiger partial charge on any atom is -0.310 e.